The number of rotatable bonds is 6. The SMILES string of the molecule is C=C(CC)Nc1cncc(-c2cc3c(-c4nc5c(N6CCCCC6)cncc5[nH]4)n[nH]c3cn2)c1. The highest BCUT2D eigenvalue weighted by Gasteiger charge is 2.19. The summed E-state index contributed by atoms with van der Waals surface area (Å²) < 4.78 is 0. The third kappa shape index (κ3) is 3.99. The molecule has 176 valence electrons. The maximum atomic E-state index is 4.97. The fourth-order valence-electron chi connectivity index (χ4n) is 4.59. The molecule has 9 nitrogen and oxygen atoms in total. The second kappa shape index (κ2) is 8.83. The van der Waals surface area contributed by atoms with Crippen molar-refractivity contribution in [3.05, 3.63) is 55.4 Å². The molecule has 35 heavy (non-hydrogen) atoms. The number of pyridine rings is 3. The summed E-state index contributed by atoms with van der Waals surface area (Å²) in [6.07, 6.45) is 13.7. The number of piperidine rings is 1. The van der Waals surface area contributed by atoms with Gasteiger partial charge in [-0.2, -0.15) is 5.10 Å². The van der Waals surface area contributed by atoms with Crippen LogP contribution in [0.2, 0.25) is 0 Å². The molecule has 0 unspecified atom stereocenters. The predicted molar refractivity (Wildman–Crippen MR) is 139 cm³/mol. The molecule has 5 aromatic heterocycles. The summed E-state index contributed by atoms with van der Waals surface area (Å²) in [5, 5.41) is 11.9. The van der Waals surface area contributed by atoms with Gasteiger partial charge in [-0.3, -0.25) is 20.1 Å². The normalized spacial score (nSPS) is 14.0. The molecular formula is C26H27N9. The highest BCUT2D eigenvalue weighted by atomic mass is 15.2. The van der Waals surface area contributed by atoms with Crippen LogP contribution in [0, 0.1) is 0 Å². The van der Waals surface area contributed by atoms with Crippen molar-refractivity contribution in [3.8, 4) is 22.8 Å². The molecule has 0 spiro atoms. The summed E-state index contributed by atoms with van der Waals surface area (Å²) in [6.45, 7) is 8.16. The van der Waals surface area contributed by atoms with Crippen molar-refractivity contribution in [1.29, 1.82) is 0 Å². The number of imidazole rings is 1. The average Bonchev–Trinajstić information content (AvgIpc) is 3.53. The lowest BCUT2D eigenvalue weighted by Crippen LogP contribution is -2.29. The smallest absolute Gasteiger partial charge is 0.159 e. The number of aromatic nitrogens is 7. The van der Waals surface area contributed by atoms with Gasteiger partial charge in [-0.1, -0.05) is 13.5 Å². The summed E-state index contributed by atoms with van der Waals surface area (Å²) in [6, 6.07) is 4.06. The summed E-state index contributed by atoms with van der Waals surface area (Å²) in [4.78, 5) is 24.3. The number of H-pyrrole nitrogens is 2. The first kappa shape index (κ1) is 21.3. The fourth-order valence-corrected chi connectivity index (χ4v) is 4.59. The summed E-state index contributed by atoms with van der Waals surface area (Å²) >= 11 is 0. The Morgan fingerprint density at radius 1 is 1.03 bits per heavy atom. The van der Waals surface area contributed by atoms with E-state index in [0.29, 0.717) is 5.82 Å². The van der Waals surface area contributed by atoms with Crippen molar-refractivity contribution < 1.29 is 0 Å². The van der Waals surface area contributed by atoms with Gasteiger partial charge in [-0.05, 0) is 37.8 Å². The minimum Gasteiger partial charge on any atom is -0.368 e. The number of fused-ring (bicyclic) bond motifs is 2. The van der Waals surface area contributed by atoms with Gasteiger partial charge in [0.05, 0.1) is 52.9 Å². The Hall–Kier alpha value is -4.27. The van der Waals surface area contributed by atoms with E-state index in [9.17, 15) is 0 Å². The maximum Gasteiger partial charge on any atom is 0.159 e. The molecule has 1 aliphatic heterocycles. The molecule has 0 atom stereocenters. The van der Waals surface area contributed by atoms with Crippen LogP contribution in [-0.4, -0.2) is 48.2 Å². The molecule has 1 saturated heterocycles. The number of hydrogen-bond donors (Lipinski definition) is 3. The van der Waals surface area contributed by atoms with Crippen LogP contribution >= 0.6 is 0 Å². The van der Waals surface area contributed by atoms with Crippen molar-refractivity contribution in [2.45, 2.75) is 32.6 Å². The molecule has 0 saturated carbocycles. The molecule has 9 heteroatoms. The van der Waals surface area contributed by atoms with Gasteiger partial charge in [0.1, 0.15) is 11.2 Å². The van der Waals surface area contributed by atoms with Crippen LogP contribution in [0.3, 0.4) is 0 Å². The highest BCUT2D eigenvalue weighted by Crippen LogP contribution is 2.32. The molecule has 0 aromatic carbocycles. The number of aromatic amines is 2. The average molecular weight is 466 g/mol. The van der Waals surface area contributed by atoms with E-state index in [2.05, 4.69) is 53.9 Å². The quantitative estimate of drug-likeness (QED) is 0.313. The molecule has 0 aliphatic carbocycles. The third-order valence-corrected chi connectivity index (χ3v) is 6.53. The lowest BCUT2D eigenvalue weighted by molar-refractivity contribution is 0.578. The van der Waals surface area contributed by atoms with Crippen molar-refractivity contribution in [3.63, 3.8) is 0 Å². The van der Waals surface area contributed by atoms with Crippen LogP contribution < -0.4 is 10.2 Å². The van der Waals surface area contributed by atoms with Crippen molar-refractivity contribution >= 4 is 33.3 Å². The Kier molecular flexibility index (Phi) is 5.36. The zero-order chi connectivity index (χ0) is 23.8. The Morgan fingerprint density at radius 2 is 1.89 bits per heavy atom. The van der Waals surface area contributed by atoms with Gasteiger partial charge in [0.15, 0.2) is 5.82 Å². The lowest BCUT2D eigenvalue weighted by Gasteiger charge is -2.28. The van der Waals surface area contributed by atoms with E-state index in [0.717, 1.165) is 75.5 Å². The van der Waals surface area contributed by atoms with Crippen molar-refractivity contribution in [2.75, 3.05) is 23.3 Å². The van der Waals surface area contributed by atoms with Gasteiger partial charge in [-0.15, -0.1) is 0 Å². The molecule has 1 aliphatic rings. The van der Waals surface area contributed by atoms with Crippen molar-refractivity contribution in [1.82, 2.24) is 35.1 Å². The summed E-state index contributed by atoms with van der Waals surface area (Å²) in [5.74, 6) is 0.711. The number of nitrogens with one attached hydrogen (secondary N) is 3. The van der Waals surface area contributed by atoms with Gasteiger partial charge >= 0.3 is 0 Å². The van der Waals surface area contributed by atoms with E-state index in [1.165, 1.54) is 19.3 Å². The second-order valence-corrected chi connectivity index (χ2v) is 8.92. The van der Waals surface area contributed by atoms with Gasteiger partial charge in [-0.25, -0.2) is 4.98 Å². The molecule has 3 N–H and O–H groups in total. The van der Waals surface area contributed by atoms with E-state index in [1.807, 2.05) is 30.7 Å². The third-order valence-electron chi connectivity index (χ3n) is 6.53. The summed E-state index contributed by atoms with van der Waals surface area (Å²) in [7, 11) is 0. The van der Waals surface area contributed by atoms with Crippen LogP contribution in [0.5, 0.6) is 0 Å². The maximum absolute atomic E-state index is 4.97. The number of anilines is 2. The van der Waals surface area contributed by atoms with Gasteiger partial charge in [0, 0.05) is 35.9 Å². The fraction of sp³-hybridized carbons (Fsp3) is 0.269. The van der Waals surface area contributed by atoms with Crippen LogP contribution in [0.15, 0.2) is 55.4 Å². The van der Waals surface area contributed by atoms with Crippen LogP contribution in [0.25, 0.3) is 44.7 Å². The standard InChI is InChI=1S/C26H27N9/c1-3-16(2)30-18-9-17(11-27-12-18)20-10-19-21(14-29-20)33-34-24(19)26-31-22-13-28-15-23(25(22)32-26)35-7-5-4-6-8-35/h9-15,30H,2-8H2,1H3,(H,31,32)(H,33,34). The van der Waals surface area contributed by atoms with Gasteiger partial charge in [0.25, 0.3) is 0 Å². The molecule has 6 heterocycles. The number of nitrogens with zero attached hydrogens (tertiary/aromatic N) is 6. The van der Waals surface area contributed by atoms with E-state index in [-0.39, 0.29) is 0 Å². The molecular weight excluding hydrogens is 438 g/mol. The number of allylic oxidation sites excluding steroid dienone is 1. The van der Waals surface area contributed by atoms with Gasteiger partial charge in [0.2, 0.25) is 0 Å². The zero-order valence-corrected chi connectivity index (χ0v) is 19.7. The van der Waals surface area contributed by atoms with Gasteiger partial charge < -0.3 is 15.2 Å². The first-order valence-corrected chi connectivity index (χ1v) is 12.0. The monoisotopic (exact) mass is 465 g/mol. The zero-order valence-electron chi connectivity index (χ0n) is 19.7. The van der Waals surface area contributed by atoms with E-state index in [1.54, 1.807) is 12.4 Å². The molecule has 1 fully saturated rings. The van der Waals surface area contributed by atoms with E-state index < -0.39 is 0 Å². The van der Waals surface area contributed by atoms with Crippen LogP contribution in [0.1, 0.15) is 32.6 Å². The first-order chi connectivity index (χ1) is 17.2. The molecule has 5 aromatic rings. The van der Waals surface area contributed by atoms with Crippen LogP contribution in [0.4, 0.5) is 11.4 Å². The minimum atomic E-state index is 0.711. The first-order valence-electron chi connectivity index (χ1n) is 12.0. The molecule has 0 amide bonds. The second-order valence-electron chi connectivity index (χ2n) is 8.92. The topological polar surface area (TPSA) is 111 Å². The Bertz CT molecular complexity index is 1520. The summed E-state index contributed by atoms with van der Waals surface area (Å²) in [5.41, 5.74) is 8.07. The lowest BCUT2D eigenvalue weighted by atomic mass is 10.1. The molecule has 0 radical (unpaired) electrons. The minimum absolute atomic E-state index is 0.711. The Balaban J connectivity index is 1.39. The Morgan fingerprint density at radius 3 is 2.74 bits per heavy atom. The predicted octanol–water partition coefficient (Wildman–Crippen LogP) is 5.28. The molecule has 6 rings (SSSR count). The highest BCUT2D eigenvalue weighted by molar-refractivity contribution is 5.96. The molecule has 0 bridgehead atoms. The van der Waals surface area contributed by atoms with Crippen LogP contribution in [-0.2, 0) is 0 Å². The van der Waals surface area contributed by atoms with E-state index in [4.69, 9.17) is 4.98 Å². The van der Waals surface area contributed by atoms with E-state index >= 15 is 0 Å². The number of hydrogen-bond acceptors (Lipinski definition) is 7. The van der Waals surface area contributed by atoms with Crippen molar-refractivity contribution in [2.24, 2.45) is 0 Å². The Labute approximate surface area is 202 Å². The largest absolute Gasteiger partial charge is 0.368 e.